The summed E-state index contributed by atoms with van der Waals surface area (Å²) in [6, 6.07) is 0.814. The molecule has 0 aliphatic carbocycles. The van der Waals surface area contributed by atoms with E-state index in [1.165, 1.54) is 0 Å². The monoisotopic (exact) mass is 277 g/mol. The average molecular weight is 277 g/mol. The first kappa shape index (κ1) is 17.4. The van der Waals surface area contributed by atoms with E-state index in [1.54, 1.807) is 21.3 Å². The molecule has 0 saturated heterocycles. The van der Waals surface area contributed by atoms with Crippen LogP contribution in [0.2, 0.25) is 6.04 Å². The maximum absolute atomic E-state index is 5.88. The molecule has 0 aromatic heterocycles. The van der Waals surface area contributed by atoms with Crippen LogP contribution < -0.4 is 0 Å². The summed E-state index contributed by atoms with van der Waals surface area (Å²) >= 11 is 0. The van der Waals surface area contributed by atoms with Crippen LogP contribution in [0.4, 0.5) is 0 Å². The van der Waals surface area contributed by atoms with Crippen molar-refractivity contribution in [3.05, 3.63) is 0 Å². The predicted molar refractivity (Wildman–Crippen MR) is 75.6 cm³/mol. The average Bonchev–Trinajstić information content (AvgIpc) is 2.35. The van der Waals surface area contributed by atoms with E-state index < -0.39 is 8.80 Å². The molecule has 0 atom stereocenters. The van der Waals surface area contributed by atoms with Gasteiger partial charge in [-0.2, -0.15) is 0 Å². The first-order chi connectivity index (χ1) is 8.46. The number of aliphatic imine (C=N–C) groups is 1. The lowest BCUT2D eigenvalue weighted by atomic mass is 10.6. The number of guanidine groups is 1. The molecule has 0 spiro atoms. The molecule has 6 nitrogen and oxygen atoms in total. The normalized spacial score (nSPS) is 12.7. The van der Waals surface area contributed by atoms with Crippen molar-refractivity contribution in [3.63, 3.8) is 0 Å². The highest BCUT2D eigenvalue weighted by Gasteiger charge is 2.38. The smallest absolute Gasteiger partial charge is 0.377 e. The Balaban J connectivity index is 4.52. The summed E-state index contributed by atoms with van der Waals surface area (Å²) in [4.78, 5) is 8.07. The van der Waals surface area contributed by atoms with Crippen LogP contribution in [0.1, 0.15) is 13.3 Å². The van der Waals surface area contributed by atoms with Gasteiger partial charge in [0.2, 0.25) is 0 Å². The number of hydrogen-bond acceptors (Lipinski definition) is 4. The molecular formula is C11H27N3O3Si. The van der Waals surface area contributed by atoms with Crippen molar-refractivity contribution in [3.8, 4) is 0 Å². The van der Waals surface area contributed by atoms with Crippen molar-refractivity contribution >= 4 is 14.8 Å². The summed E-state index contributed by atoms with van der Waals surface area (Å²) in [5.74, 6) is 0.849. The Hall–Kier alpha value is -0.633. The molecule has 0 fully saturated rings. The van der Waals surface area contributed by atoms with E-state index >= 15 is 0 Å². The van der Waals surface area contributed by atoms with Crippen molar-refractivity contribution in [1.82, 2.24) is 9.80 Å². The van der Waals surface area contributed by atoms with Gasteiger partial charge in [-0.05, 0) is 0 Å². The van der Waals surface area contributed by atoms with Gasteiger partial charge in [-0.15, -0.1) is 0 Å². The molecule has 0 unspecified atom stereocenters. The summed E-state index contributed by atoms with van der Waals surface area (Å²) in [5, 5.41) is 0. The van der Waals surface area contributed by atoms with E-state index in [-0.39, 0.29) is 0 Å². The van der Waals surface area contributed by atoms with Crippen LogP contribution in [0.15, 0.2) is 4.99 Å². The molecule has 0 aliphatic rings. The largest absolute Gasteiger partial charge is 0.501 e. The van der Waals surface area contributed by atoms with Crippen LogP contribution in [-0.2, 0) is 13.3 Å². The molecule has 0 rings (SSSR count). The van der Waals surface area contributed by atoms with Gasteiger partial charge in [-0.3, -0.25) is 4.99 Å². The molecule has 108 valence electrons. The van der Waals surface area contributed by atoms with Crippen molar-refractivity contribution < 1.29 is 13.3 Å². The van der Waals surface area contributed by atoms with Crippen molar-refractivity contribution in [1.29, 1.82) is 0 Å². The van der Waals surface area contributed by atoms with Gasteiger partial charge in [0, 0.05) is 48.5 Å². The maximum atomic E-state index is 5.88. The van der Waals surface area contributed by atoms with Crippen LogP contribution in [-0.4, -0.2) is 73.7 Å². The third-order valence-electron chi connectivity index (χ3n) is 2.60. The quantitative estimate of drug-likeness (QED) is 0.302. The molecule has 0 bridgehead atoms. The van der Waals surface area contributed by atoms with Crippen LogP contribution in [0.5, 0.6) is 0 Å². The Morgan fingerprint density at radius 1 is 1.17 bits per heavy atom. The topological polar surface area (TPSA) is 46.5 Å². The summed E-state index contributed by atoms with van der Waals surface area (Å²) < 4.78 is 16.8. The third-order valence-corrected chi connectivity index (χ3v) is 5.52. The molecular weight excluding hydrogens is 250 g/mol. The number of nitrogens with zero attached hydrogens (tertiary/aromatic N) is 3. The summed E-state index contributed by atoms with van der Waals surface area (Å²) in [6.45, 7) is 2.49. The molecule has 0 N–H and O–H groups in total. The molecule has 0 amide bonds. The highest BCUT2D eigenvalue weighted by Crippen LogP contribution is 2.16. The first-order valence-corrected chi connectivity index (χ1v) is 7.99. The Bertz CT molecular complexity index is 258. The van der Waals surface area contributed by atoms with Crippen molar-refractivity contribution in [2.24, 2.45) is 4.99 Å². The molecule has 0 heterocycles. The molecule has 0 aliphatic heterocycles. The van der Waals surface area contributed by atoms with Gasteiger partial charge in [-0.1, -0.05) is 13.3 Å². The zero-order valence-corrected chi connectivity index (χ0v) is 13.7. The van der Waals surface area contributed by atoms with E-state index in [1.807, 2.05) is 30.9 Å². The Morgan fingerprint density at radius 2 is 1.72 bits per heavy atom. The van der Waals surface area contributed by atoms with Gasteiger partial charge in [0.1, 0.15) is 6.73 Å². The second kappa shape index (κ2) is 8.47. The minimum atomic E-state index is -2.51. The minimum Gasteiger partial charge on any atom is -0.377 e. The molecule has 0 saturated carbocycles. The van der Waals surface area contributed by atoms with Crippen LogP contribution in [0, 0.1) is 0 Å². The van der Waals surface area contributed by atoms with E-state index in [0.29, 0.717) is 6.73 Å². The molecule has 7 heteroatoms. The fraction of sp³-hybridized carbons (Fsp3) is 0.909. The Labute approximate surface area is 112 Å². The summed E-state index contributed by atoms with van der Waals surface area (Å²) in [5.41, 5.74) is 0. The van der Waals surface area contributed by atoms with Gasteiger partial charge < -0.3 is 23.1 Å². The van der Waals surface area contributed by atoms with Gasteiger partial charge >= 0.3 is 8.80 Å². The number of hydrogen-bond donors (Lipinski definition) is 0. The molecule has 0 radical (unpaired) electrons. The van der Waals surface area contributed by atoms with E-state index in [2.05, 4.69) is 11.9 Å². The lowest BCUT2D eigenvalue weighted by Gasteiger charge is -2.31. The lowest BCUT2D eigenvalue weighted by Crippen LogP contribution is -2.48. The molecule has 18 heavy (non-hydrogen) atoms. The summed E-state index contributed by atoms with van der Waals surface area (Å²) in [7, 11) is 8.36. The van der Waals surface area contributed by atoms with E-state index in [0.717, 1.165) is 18.4 Å². The van der Waals surface area contributed by atoms with Crippen molar-refractivity contribution in [2.45, 2.75) is 19.4 Å². The van der Waals surface area contributed by atoms with Crippen molar-refractivity contribution in [2.75, 3.05) is 49.1 Å². The summed E-state index contributed by atoms with van der Waals surface area (Å²) in [6.07, 6.45) is 0.972. The highest BCUT2D eigenvalue weighted by molar-refractivity contribution is 6.60. The fourth-order valence-electron chi connectivity index (χ4n) is 1.75. The standard InChI is InChI=1S/C11H27N3O3Si/c1-8-9-18(15-6,16-7)17-10-14(5)11(12-2)13(3)4/h8-10H2,1-7H3. The second-order valence-electron chi connectivity index (χ2n) is 4.23. The van der Waals surface area contributed by atoms with Gasteiger partial charge in [0.15, 0.2) is 5.96 Å². The van der Waals surface area contributed by atoms with Gasteiger partial charge in [0.05, 0.1) is 0 Å². The van der Waals surface area contributed by atoms with E-state index in [4.69, 9.17) is 13.3 Å². The lowest BCUT2D eigenvalue weighted by molar-refractivity contribution is 0.0655. The SMILES string of the molecule is CCC[Si](OC)(OC)OCN(C)C(=NC)N(C)C. The fourth-order valence-corrected chi connectivity index (χ4v) is 3.71. The number of rotatable bonds is 7. The maximum Gasteiger partial charge on any atom is 0.501 e. The van der Waals surface area contributed by atoms with Crippen LogP contribution in [0.25, 0.3) is 0 Å². The van der Waals surface area contributed by atoms with Crippen LogP contribution in [0.3, 0.4) is 0 Å². The highest BCUT2D eigenvalue weighted by atomic mass is 28.4. The van der Waals surface area contributed by atoms with E-state index in [9.17, 15) is 0 Å². The van der Waals surface area contributed by atoms with Crippen LogP contribution >= 0.6 is 0 Å². The first-order valence-electron chi connectivity index (χ1n) is 6.05. The third kappa shape index (κ3) is 4.93. The molecule has 0 aromatic carbocycles. The second-order valence-corrected chi connectivity index (χ2v) is 7.20. The van der Waals surface area contributed by atoms with Gasteiger partial charge in [0.25, 0.3) is 0 Å². The zero-order valence-electron chi connectivity index (χ0n) is 12.7. The zero-order chi connectivity index (χ0) is 14.2. The Kier molecular flexibility index (Phi) is 8.17. The van der Waals surface area contributed by atoms with Gasteiger partial charge in [-0.25, -0.2) is 0 Å². The Morgan fingerprint density at radius 3 is 2.06 bits per heavy atom. The molecule has 0 aromatic rings. The minimum absolute atomic E-state index is 0.402. The predicted octanol–water partition coefficient (Wildman–Crippen LogP) is 1.08.